The highest BCUT2D eigenvalue weighted by Gasteiger charge is 2.11. The normalized spacial score (nSPS) is 10.2. The minimum atomic E-state index is 0.347. The maximum Gasteiger partial charge on any atom is 0.138 e. The van der Waals surface area contributed by atoms with Crippen LogP contribution >= 0.6 is 23.2 Å². The van der Waals surface area contributed by atoms with Gasteiger partial charge in [-0.05, 0) is 18.7 Å². The van der Waals surface area contributed by atoms with Crippen LogP contribution in [0.2, 0.25) is 10.0 Å². The summed E-state index contributed by atoms with van der Waals surface area (Å²) < 4.78 is 5.05. The number of halogens is 2. The minimum Gasteiger partial charge on any atom is -0.495 e. The first kappa shape index (κ1) is 13.1. The highest BCUT2D eigenvalue weighted by atomic mass is 35.5. The number of nitrogens with zero attached hydrogens (tertiary/aromatic N) is 2. The molecule has 0 fully saturated rings. The Morgan fingerprint density at radius 1 is 1.38 bits per heavy atom. The molecule has 0 amide bonds. The largest absolute Gasteiger partial charge is 0.495 e. The smallest absolute Gasteiger partial charge is 0.138 e. The van der Waals surface area contributed by atoms with E-state index in [-0.39, 0.29) is 0 Å². The van der Waals surface area contributed by atoms with E-state index < -0.39 is 0 Å². The van der Waals surface area contributed by atoms with Crippen LogP contribution in [0.5, 0.6) is 5.75 Å². The van der Waals surface area contributed by atoms with Crippen LogP contribution in [-0.4, -0.2) is 25.6 Å². The average molecular weight is 259 g/mol. The third-order valence-corrected chi connectivity index (χ3v) is 3.03. The van der Waals surface area contributed by atoms with Crippen molar-refractivity contribution in [2.24, 2.45) is 0 Å². The number of methoxy groups -OCH3 is 1. The molecule has 1 rings (SSSR count). The minimum absolute atomic E-state index is 0.347. The van der Waals surface area contributed by atoms with Gasteiger partial charge in [0.15, 0.2) is 0 Å². The number of rotatable bonds is 4. The molecule has 16 heavy (non-hydrogen) atoms. The van der Waals surface area contributed by atoms with Crippen LogP contribution in [0.1, 0.15) is 5.56 Å². The van der Waals surface area contributed by atoms with Crippen molar-refractivity contribution in [3.05, 3.63) is 27.7 Å². The highest BCUT2D eigenvalue weighted by molar-refractivity contribution is 6.43. The molecule has 0 aliphatic rings. The van der Waals surface area contributed by atoms with E-state index in [1.165, 1.54) is 0 Å². The Hall–Kier alpha value is -0.950. The summed E-state index contributed by atoms with van der Waals surface area (Å²) in [6.45, 7) is 0.927. The van der Waals surface area contributed by atoms with Crippen LogP contribution in [0, 0.1) is 11.3 Å². The molecule has 5 heteroatoms. The van der Waals surface area contributed by atoms with E-state index in [1.54, 1.807) is 13.2 Å². The van der Waals surface area contributed by atoms with E-state index in [2.05, 4.69) is 6.07 Å². The Kier molecular flexibility index (Phi) is 4.88. The number of benzene rings is 1. The van der Waals surface area contributed by atoms with Gasteiger partial charge in [-0.15, -0.1) is 0 Å². The summed E-state index contributed by atoms with van der Waals surface area (Å²) in [5.74, 6) is 0.554. The predicted octanol–water partition coefficient (Wildman–Crippen LogP) is 2.96. The van der Waals surface area contributed by atoms with Crippen LogP contribution in [0.15, 0.2) is 12.1 Å². The average Bonchev–Trinajstić information content (AvgIpc) is 2.25. The molecule has 0 heterocycles. The van der Waals surface area contributed by atoms with Gasteiger partial charge in [0.25, 0.3) is 0 Å². The lowest BCUT2D eigenvalue weighted by Gasteiger charge is -2.15. The van der Waals surface area contributed by atoms with Crippen LogP contribution < -0.4 is 4.74 Å². The Bertz CT molecular complexity index is 415. The number of hydrogen-bond donors (Lipinski definition) is 0. The summed E-state index contributed by atoms with van der Waals surface area (Å²) in [4.78, 5) is 1.85. The van der Waals surface area contributed by atoms with Gasteiger partial charge in [0.1, 0.15) is 10.8 Å². The fraction of sp³-hybridized carbons (Fsp3) is 0.364. The van der Waals surface area contributed by atoms with Crippen molar-refractivity contribution in [1.29, 1.82) is 5.26 Å². The molecular weight excluding hydrogens is 247 g/mol. The third kappa shape index (κ3) is 3.02. The van der Waals surface area contributed by atoms with Gasteiger partial charge >= 0.3 is 0 Å². The lowest BCUT2D eigenvalue weighted by molar-refractivity contribution is 0.367. The summed E-state index contributed by atoms with van der Waals surface area (Å²) in [6.07, 6.45) is 0. The monoisotopic (exact) mass is 258 g/mol. The van der Waals surface area contributed by atoms with Gasteiger partial charge in [-0.25, -0.2) is 0 Å². The van der Waals surface area contributed by atoms with Crippen molar-refractivity contribution in [3.8, 4) is 11.8 Å². The Morgan fingerprint density at radius 2 is 2.06 bits per heavy atom. The molecule has 0 saturated carbocycles. The molecule has 0 unspecified atom stereocenters. The van der Waals surface area contributed by atoms with Gasteiger partial charge in [0.05, 0.1) is 24.7 Å². The molecule has 0 aromatic heterocycles. The fourth-order valence-electron chi connectivity index (χ4n) is 1.32. The van der Waals surface area contributed by atoms with Gasteiger partial charge in [-0.2, -0.15) is 5.26 Å². The molecule has 86 valence electrons. The molecule has 1 aromatic rings. The molecule has 0 aliphatic carbocycles. The van der Waals surface area contributed by atoms with Crippen molar-refractivity contribution in [1.82, 2.24) is 4.90 Å². The Balaban J connectivity index is 2.91. The lowest BCUT2D eigenvalue weighted by Crippen LogP contribution is -2.18. The van der Waals surface area contributed by atoms with E-state index in [4.69, 9.17) is 33.2 Å². The van der Waals surface area contributed by atoms with E-state index in [9.17, 15) is 0 Å². The first-order valence-electron chi connectivity index (χ1n) is 4.66. The van der Waals surface area contributed by atoms with Crippen molar-refractivity contribution in [3.63, 3.8) is 0 Å². The number of ether oxygens (including phenoxy) is 1. The fourth-order valence-corrected chi connectivity index (χ4v) is 1.80. The van der Waals surface area contributed by atoms with Crippen molar-refractivity contribution >= 4 is 23.2 Å². The summed E-state index contributed by atoms with van der Waals surface area (Å²) in [5, 5.41) is 9.44. The first-order valence-corrected chi connectivity index (χ1v) is 5.42. The molecule has 0 atom stereocenters. The quantitative estimate of drug-likeness (QED) is 0.780. The van der Waals surface area contributed by atoms with Gasteiger partial charge in [-0.3, -0.25) is 4.90 Å². The van der Waals surface area contributed by atoms with Crippen LogP contribution in [0.3, 0.4) is 0 Å². The predicted molar refractivity (Wildman–Crippen MR) is 65.0 cm³/mol. The van der Waals surface area contributed by atoms with Crippen molar-refractivity contribution < 1.29 is 4.74 Å². The zero-order valence-corrected chi connectivity index (χ0v) is 10.6. The maximum absolute atomic E-state index is 8.55. The van der Waals surface area contributed by atoms with E-state index >= 15 is 0 Å². The topological polar surface area (TPSA) is 36.3 Å². The standard InChI is InChI=1S/C11H12Cl2N2O/c1-15(6-5-14)7-8-3-4-9(16-2)11(13)10(8)12/h3-4H,6-7H2,1-2H3. The summed E-state index contributed by atoms with van der Waals surface area (Å²) in [6, 6.07) is 5.69. The molecule has 0 spiro atoms. The molecule has 0 bridgehead atoms. The Labute approximate surface area is 105 Å². The summed E-state index contributed by atoms with van der Waals surface area (Å²) in [7, 11) is 3.39. The Morgan fingerprint density at radius 3 is 2.62 bits per heavy atom. The lowest BCUT2D eigenvalue weighted by atomic mass is 10.2. The van der Waals surface area contributed by atoms with E-state index in [1.807, 2.05) is 18.0 Å². The molecule has 3 nitrogen and oxygen atoms in total. The zero-order chi connectivity index (χ0) is 12.1. The van der Waals surface area contributed by atoms with Crippen molar-refractivity contribution in [2.75, 3.05) is 20.7 Å². The number of nitriles is 1. The van der Waals surface area contributed by atoms with Gasteiger partial charge < -0.3 is 4.74 Å². The first-order chi connectivity index (χ1) is 7.60. The zero-order valence-electron chi connectivity index (χ0n) is 9.13. The second-order valence-electron chi connectivity index (χ2n) is 3.39. The SMILES string of the molecule is COc1ccc(CN(C)CC#N)c(Cl)c1Cl. The molecule has 0 aliphatic heterocycles. The summed E-state index contributed by atoms with van der Waals surface area (Å²) >= 11 is 12.1. The molecule has 0 radical (unpaired) electrons. The molecule has 0 N–H and O–H groups in total. The van der Waals surface area contributed by atoms with Gasteiger partial charge in [0.2, 0.25) is 0 Å². The van der Waals surface area contributed by atoms with E-state index in [0.29, 0.717) is 28.9 Å². The van der Waals surface area contributed by atoms with Crippen LogP contribution in [0.4, 0.5) is 0 Å². The second kappa shape index (κ2) is 5.95. The van der Waals surface area contributed by atoms with E-state index in [0.717, 1.165) is 5.56 Å². The van der Waals surface area contributed by atoms with Crippen molar-refractivity contribution in [2.45, 2.75) is 6.54 Å². The third-order valence-electron chi connectivity index (χ3n) is 2.13. The van der Waals surface area contributed by atoms with Crippen LogP contribution in [-0.2, 0) is 6.54 Å². The maximum atomic E-state index is 8.55. The molecular formula is C11H12Cl2N2O. The van der Waals surface area contributed by atoms with Crippen LogP contribution in [0.25, 0.3) is 0 Å². The second-order valence-corrected chi connectivity index (χ2v) is 4.14. The highest BCUT2D eigenvalue weighted by Crippen LogP contribution is 2.34. The van der Waals surface area contributed by atoms with Gasteiger partial charge in [-0.1, -0.05) is 29.3 Å². The molecule has 1 aromatic carbocycles. The molecule has 0 saturated heterocycles. The van der Waals surface area contributed by atoms with Gasteiger partial charge in [0, 0.05) is 6.54 Å². The summed E-state index contributed by atoms with van der Waals surface area (Å²) in [5.41, 5.74) is 0.880. The number of hydrogen-bond acceptors (Lipinski definition) is 3.